The van der Waals surface area contributed by atoms with Gasteiger partial charge >= 0.3 is 0 Å². The zero-order chi connectivity index (χ0) is 18.9. The summed E-state index contributed by atoms with van der Waals surface area (Å²) < 4.78 is 14.2. The predicted octanol–water partition coefficient (Wildman–Crippen LogP) is 3.01. The molecule has 2 aliphatic rings. The van der Waals surface area contributed by atoms with E-state index in [9.17, 15) is 4.79 Å². The zero-order valence-electron chi connectivity index (χ0n) is 15.7. The number of benzene rings is 1. The van der Waals surface area contributed by atoms with Crippen molar-refractivity contribution < 1.29 is 14.3 Å². The number of nitrogens with zero attached hydrogens (tertiary/aromatic N) is 3. The molecule has 146 valence electrons. The van der Waals surface area contributed by atoms with Gasteiger partial charge in [0.25, 0.3) is 5.91 Å². The Kier molecular flexibility index (Phi) is 4.52. The second-order valence-corrected chi connectivity index (χ2v) is 7.53. The number of piperidine rings is 1. The van der Waals surface area contributed by atoms with E-state index in [2.05, 4.69) is 39.2 Å². The maximum absolute atomic E-state index is 12.4. The summed E-state index contributed by atoms with van der Waals surface area (Å²) in [5.74, 6) is 0.958. The normalized spacial score (nSPS) is 20.7. The van der Waals surface area contributed by atoms with E-state index in [1.54, 1.807) is 12.4 Å². The summed E-state index contributed by atoms with van der Waals surface area (Å²) in [6.45, 7) is 3.00. The molecule has 28 heavy (non-hydrogen) atoms. The van der Waals surface area contributed by atoms with E-state index < -0.39 is 0 Å². The van der Waals surface area contributed by atoms with Gasteiger partial charge in [-0.05, 0) is 24.6 Å². The van der Waals surface area contributed by atoms with Crippen molar-refractivity contribution >= 4 is 16.8 Å². The van der Waals surface area contributed by atoms with Gasteiger partial charge in [-0.1, -0.05) is 6.07 Å². The largest absolute Gasteiger partial charge is 0.490 e. The quantitative estimate of drug-likeness (QED) is 0.755. The van der Waals surface area contributed by atoms with Crippen LogP contribution in [-0.4, -0.2) is 58.0 Å². The highest BCUT2D eigenvalue weighted by atomic mass is 16.5. The molecule has 0 radical (unpaired) electrons. The lowest BCUT2D eigenvalue weighted by molar-refractivity contribution is 0.0598. The van der Waals surface area contributed by atoms with Crippen molar-refractivity contribution in [2.45, 2.75) is 31.4 Å². The summed E-state index contributed by atoms with van der Waals surface area (Å²) in [7, 11) is 0. The molecule has 7 heteroatoms. The summed E-state index contributed by atoms with van der Waals surface area (Å²) in [5.41, 5.74) is 1.81. The van der Waals surface area contributed by atoms with Gasteiger partial charge in [0, 0.05) is 50.3 Å². The van der Waals surface area contributed by atoms with Gasteiger partial charge in [0.1, 0.15) is 11.9 Å². The highest BCUT2D eigenvalue weighted by Crippen LogP contribution is 2.32. The van der Waals surface area contributed by atoms with Crippen LogP contribution in [0.25, 0.3) is 10.9 Å². The smallest absolute Gasteiger partial charge is 0.257 e. The molecular formula is C21H24N4O3. The Bertz CT molecular complexity index is 951. The van der Waals surface area contributed by atoms with Crippen molar-refractivity contribution in [2.24, 2.45) is 0 Å². The number of aromatic nitrogens is 3. The lowest BCUT2D eigenvalue weighted by Gasteiger charge is -2.32. The lowest BCUT2D eigenvalue weighted by atomic mass is 10.1. The van der Waals surface area contributed by atoms with Crippen LogP contribution >= 0.6 is 0 Å². The minimum Gasteiger partial charge on any atom is -0.490 e. The van der Waals surface area contributed by atoms with Gasteiger partial charge in [0.2, 0.25) is 0 Å². The first kappa shape index (κ1) is 17.3. The fourth-order valence-corrected chi connectivity index (χ4v) is 4.23. The number of carbonyl (C=O) groups excluding carboxylic acids is 1. The summed E-state index contributed by atoms with van der Waals surface area (Å²) in [4.78, 5) is 14.3. The van der Waals surface area contributed by atoms with Crippen LogP contribution in [0.1, 0.15) is 35.7 Å². The number of ether oxygens (including phenoxy) is 2. The van der Waals surface area contributed by atoms with E-state index in [0.29, 0.717) is 24.7 Å². The standard InChI is InChI=1S/C21H24N4O3/c26-21(15-12-22-23-13-15)24-8-4-17(5-9-24)28-20-3-1-2-19-18(20)6-10-25(19)16-7-11-27-14-16/h1-3,6,10,12-13,16-17H,4-5,7-9,11,14H2,(H,22,23). The van der Waals surface area contributed by atoms with Gasteiger partial charge < -0.3 is 18.9 Å². The van der Waals surface area contributed by atoms with E-state index in [1.807, 2.05) is 11.0 Å². The number of fused-ring (bicyclic) bond motifs is 1. The third-order valence-electron chi connectivity index (χ3n) is 5.79. The summed E-state index contributed by atoms with van der Waals surface area (Å²) >= 11 is 0. The average molecular weight is 380 g/mol. The fourth-order valence-electron chi connectivity index (χ4n) is 4.23. The van der Waals surface area contributed by atoms with Crippen LogP contribution in [0, 0.1) is 0 Å². The van der Waals surface area contributed by atoms with Gasteiger partial charge in [-0.25, -0.2) is 0 Å². The number of aromatic amines is 1. The Morgan fingerprint density at radius 3 is 2.86 bits per heavy atom. The first-order valence-corrected chi connectivity index (χ1v) is 9.91. The molecule has 0 aliphatic carbocycles. The monoisotopic (exact) mass is 380 g/mol. The molecule has 2 fully saturated rings. The van der Waals surface area contributed by atoms with E-state index in [1.165, 1.54) is 5.52 Å². The number of hydrogen-bond donors (Lipinski definition) is 1. The second-order valence-electron chi connectivity index (χ2n) is 7.53. The molecule has 1 atom stereocenters. The number of amides is 1. The highest BCUT2D eigenvalue weighted by molar-refractivity contribution is 5.93. The summed E-state index contributed by atoms with van der Waals surface area (Å²) in [5, 5.41) is 7.70. The maximum Gasteiger partial charge on any atom is 0.257 e. The molecule has 1 aromatic carbocycles. The molecule has 2 aromatic heterocycles. The Balaban J connectivity index is 1.27. The molecule has 3 aromatic rings. The molecule has 1 unspecified atom stereocenters. The van der Waals surface area contributed by atoms with Crippen molar-refractivity contribution in [3.05, 3.63) is 48.4 Å². The SMILES string of the molecule is O=C(c1cn[nH]c1)N1CCC(Oc2cccc3c2ccn3C2CCOC2)CC1. The van der Waals surface area contributed by atoms with Crippen molar-refractivity contribution in [1.82, 2.24) is 19.7 Å². The number of hydrogen-bond acceptors (Lipinski definition) is 4. The maximum atomic E-state index is 12.4. The summed E-state index contributed by atoms with van der Waals surface area (Å²) in [6.07, 6.45) is 8.20. The third kappa shape index (κ3) is 3.16. The molecule has 1 N–H and O–H groups in total. The molecule has 7 nitrogen and oxygen atoms in total. The molecule has 2 saturated heterocycles. The Morgan fingerprint density at radius 2 is 2.11 bits per heavy atom. The Hall–Kier alpha value is -2.80. The molecule has 1 amide bonds. The minimum atomic E-state index is 0.0326. The number of carbonyl (C=O) groups is 1. The van der Waals surface area contributed by atoms with Gasteiger partial charge in [-0.3, -0.25) is 9.89 Å². The number of H-pyrrole nitrogens is 1. The summed E-state index contributed by atoms with van der Waals surface area (Å²) in [6, 6.07) is 8.79. The third-order valence-corrected chi connectivity index (χ3v) is 5.79. The van der Waals surface area contributed by atoms with Gasteiger partial charge in [0.05, 0.1) is 29.9 Å². The second kappa shape index (κ2) is 7.31. The van der Waals surface area contributed by atoms with Crippen molar-refractivity contribution in [1.29, 1.82) is 0 Å². The molecular weight excluding hydrogens is 356 g/mol. The number of nitrogens with one attached hydrogen (secondary N) is 1. The Morgan fingerprint density at radius 1 is 1.21 bits per heavy atom. The number of rotatable bonds is 4. The highest BCUT2D eigenvalue weighted by Gasteiger charge is 2.26. The van der Waals surface area contributed by atoms with Crippen LogP contribution in [-0.2, 0) is 4.74 Å². The molecule has 5 rings (SSSR count). The van der Waals surface area contributed by atoms with Gasteiger partial charge in [0.15, 0.2) is 0 Å². The van der Waals surface area contributed by atoms with E-state index in [-0.39, 0.29) is 12.0 Å². The molecule has 2 aliphatic heterocycles. The predicted molar refractivity (Wildman–Crippen MR) is 105 cm³/mol. The van der Waals surface area contributed by atoms with E-state index >= 15 is 0 Å². The minimum absolute atomic E-state index is 0.0326. The molecule has 0 spiro atoms. The van der Waals surface area contributed by atoms with E-state index in [4.69, 9.17) is 9.47 Å². The zero-order valence-corrected chi connectivity index (χ0v) is 15.7. The first-order chi connectivity index (χ1) is 13.8. The number of likely N-dealkylation sites (tertiary alicyclic amines) is 1. The van der Waals surface area contributed by atoms with Crippen molar-refractivity contribution in [3.63, 3.8) is 0 Å². The van der Waals surface area contributed by atoms with Crippen molar-refractivity contribution in [3.8, 4) is 5.75 Å². The topological polar surface area (TPSA) is 72.4 Å². The van der Waals surface area contributed by atoms with Crippen LogP contribution in [0.4, 0.5) is 0 Å². The molecule has 0 saturated carbocycles. The van der Waals surface area contributed by atoms with Crippen LogP contribution in [0.2, 0.25) is 0 Å². The molecule has 4 heterocycles. The van der Waals surface area contributed by atoms with Crippen LogP contribution in [0.15, 0.2) is 42.9 Å². The van der Waals surface area contributed by atoms with Crippen molar-refractivity contribution in [2.75, 3.05) is 26.3 Å². The first-order valence-electron chi connectivity index (χ1n) is 9.91. The fraction of sp³-hybridized carbons (Fsp3) is 0.429. The van der Waals surface area contributed by atoms with Gasteiger partial charge in [-0.2, -0.15) is 5.10 Å². The Labute approximate surface area is 163 Å². The lowest BCUT2D eigenvalue weighted by Crippen LogP contribution is -2.41. The van der Waals surface area contributed by atoms with Crippen LogP contribution < -0.4 is 4.74 Å². The molecule has 0 bridgehead atoms. The van der Waals surface area contributed by atoms with Crippen LogP contribution in [0.5, 0.6) is 5.75 Å². The average Bonchev–Trinajstić information content (AvgIpc) is 3.49. The van der Waals surface area contributed by atoms with Gasteiger partial charge in [-0.15, -0.1) is 0 Å². The van der Waals surface area contributed by atoms with E-state index in [0.717, 1.165) is 43.6 Å². The van der Waals surface area contributed by atoms with Crippen LogP contribution in [0.3, 0.4) is 0 Å².